The SMILES string of the molecule is CN(Cc1cccc(Cl)c1)C(=O)c1ccc(S(=O)(=O)C(F)F)cc1. The Labute approximate surface area is 143 Å². The molecule has 0 unspecified atom stereocenters. The molecule has 0 fully saturated rings. The maximum Gasteiger partial charge on any atom is 0.341 e. The van der Waals surface area contributed by atoms with Crippen molar-refractivity contribution in [2.24, 2.45) is 0 Å². The number of sulfone groups is 1. The zero-order chi connectivity index (χ0) is 17.9. The molecule has 24 heavy (non-hydrogen) atoms. The molecule has 128 valence electrons. The third-order valence-electron chi connectivity index (χ3n) is 3.32. The van der Waals surface area contributed by atoms with E-state index < -0.39 is 20.5 Å². The Morgan fingerprint density at radius 1 is 1.17 bits per heavy atom. The fraction of sp³-hybridized carbons (Fsp3) is 0.188. The lowest BCUT2D eigenvalue weighted by molar-refractivity contribution is 0.0785. The normalized spacial score (nSPS) is 11.5. The molecule has 0 N–H and O–H groups in total. The lowest BCUT2D eigenvalue weighted by Gasteiger charge is -2.17. The monoisotopic (exact) mass is 373 g/mol. The van der Waals surface area contributed by atoms with E-state index in [0.717, 1.165) is 17.7 Å². The molecule has 2 rings (SSSR count). The minimum Gasteiger partial charge on any atom is -0.337 e. The third kappa shape index (κ3) is 4.10. The number of hydrogen-bond donors (Lipinski definition) is 0. The summed E-state index contributed by atoms with van der Waals surface area (Å²) in [5.41, 5.74) is 1.03. The number of rotatable bonds is 5. The maximum absolute atomic E-state index is 12.5. The molecule has 0 bridgehead atoms. The Morgan fingerprint density at radius 3 is 2.33 bits per heavy atom. The lowest BCUT2D eigenvalue weighted by atomic mass is 10.1. The van der Waals surface area contributed by atoms with Crippen LogP contribution < -0.4 is 0 Å². The van der Waals surface area contributed by atoms with Gasteiger partial charge in [-0.2, -0.15) is 8.78 Å². The Hall–Kier alpha value is -1.99. The van der Waals surface area contributed by atoms with Gasteiger partial charge in [0.25, 0.3) is 5.91 Å². The first-order valence-corrected chi connectivity index (χ1v) is 8.76. The van der Waals surface area contributed by atoms with Crippen molar-refractivity contribution < 1.29 is 22.0 Å². The van der Waals surface area contributed by atoms with Crippen LogP contribution in [0.3, 0.4) is 0 Å². The van der Waals surface area contributed by atoms with Gasteiger partial charge in [-0.3, -0.25) is 4.79 Å². The first-order valence-electron chi connectivity index (χ1n) is 6.84. The number of carbonyl (C=O) groups excluding carboxylic acids is 1. The highest BCUT2D eigenvalue weighted by Crippen LogP contribution is 2.19. The molecule has 0 saturated heterocycles. The molecule has 8 heteroatoms. The number of nitrogens with zero attached hydrogens (tertiary/aromatic N) is 1. The highest BCUT2D eigenvalue weighted by atomic mass is 35.5. The predicted molar refractivity (Wildman–Crippen MR) is 86.9 cm³/mol. The summed E-state index contributed by atoms with van der Waals surface area (Å²) in [6.07, 6.45) is 0. The summed E-state index contributed by atoms with van der Waals surface area (Å²) in [5, 5.41) is 0.551. The molecule has 2 aromatic rings. The summed E-state index contributed by atoms with van der Waals surface area (Å²) >= 11 is 5.89. The van der Waals surface area contributed by atoms with Gasteiger partial charge in [-0.25, -0.2) is 8.42 Å². The Kier molecular flexibility index (Phi) is 5.56. The topological polar surface area (TPSA) is 54.5 Å². The lowest BCUT2D eigenvalue weighted by Crippen LogP contribution is -2.26. The fourth-order valence-corrected chi connectivity index (χ4v) is 3.03. The van der Waals surface area contributed by atoms with E-state index in [0.29, 0.717) is 11.6 Å². The van der Waals surface area contributed by atoms with Crippen LogP contribution in [0.1, 0.15) is 15.9 Å². The predicted octanol–water partition coefficient (Wildman–Crippen LogP) is 3.61. The second-order valence-corrected chi connectivity index (χ2v) is 7.48. The summed E-state index contributed by atoms with van der Waals surface area (Å²) in [6.45, 7) is 0.302. The number of alkyl halides is 2. The van der Waals surface area contributed by atoms with Gasteiger partial charge in [0.2, 0.25) is 9.84 Å². The van der Waals surface area contributed by atoms with Crippen LogP contribution in [0.25, 0.3) is 0 Å². The number of hydrogen-bond acceptors (Lipinski definition) is 3. The number of benzene rings is 2. The summed E-state index contributed by atoms with van der Waals surface area (Å²) in [7, 11) is -3.09. The van der Waals surface area contributed by atoms with Gasteiger partial charge in [-0.1, -0.05) is 23.7 Å². The molecule has 0 heterocycles. The van der Waals surface area contributed by atoms with Crippen LogP contribution in [0.5, 0.6) is 0 Å². The van der Waals surface area contributed by atoms with E-state index >= 15 is 0 Å². The molecule has 0 radical (unpaired) electrons. The van der Waals surface area contributed by atoms with Crippen molar-refractivity contribution in [1.29, 1.82) is 0 Å². The number of amides is 1. The fourth-order valence-electron chi connectivity index (χ4n) is 2.09. The standard InChI is InChI=1S/C16H14ClF2NO3S/c1-20(10-11-3-2-4-13(17)9-11)15(21)12-5-7-14(8-6-12)24(22,23)16(18)19/h2-9,16H,10H2,1H3. The van der Waals surface area contributed by atoms with E-state index in [1.54, 1.807) is 25.2 Å². The molecule has 4 nitrogen and oxygen atoms in total. The second kappa shape index (κ2) is 7.27. The van der Waals surface area contributed by atoms with Gasteiger partial charge in [0, 0.05) is 24.2 Å². The molecule has 0 saturated carbocycles. The van der Waals surface area contributed by atoms with Crippen LogP contribution >= 0.6 is 11.6 Å². The van der Waals surface area contributed by atoms with Crippen LogP contribution in [0, 0.1) is 0 Å². The summed E-state index contributed by atoms with van der Waals surface area (Å²) in [4.78, 5) is 13.2. The molecular weight excluding hydrogens is 360 g/mol. The van der Waals surface area contributed by atoms with E-state index in [9.17, 15) is 22.0 Å². The largest absolute Gasteiger partial charge is 0.341 e. The van der Waals surface area contributed by atoms with Crippen molar-refractivity contribution in [3.8, 4) is 0 Å². The zero-order valence-electron chi connectivity index (χ0n) is 12.6. The van der Waals surface area contributed by atoms with Crippen molar-refractivity contribution in [3.63, 3.8) is 0 Å². The molecule has 0 aromatic heterocycles. The third-order valence-corrected chi connectivity index (χ3v) is 4.95. The van der Waals surface area contributed by atoms with Gasteiger partial charge in [0.15, 0.2) is 0 Å². The van der Waals surface area contributed by atoms with Gasteiger partial charge in [-0.05, 0) is 42.0 Å². The van der Waals surface area contributed by atoms with E-state index in [1.807, 2.05) is 6.07 Å². The zero-order valence-corrected chi connectivity index (χ0v) is 14.2. The van der Waals surface area contributed by atoms with Crippen molar-refractivity contribution in [2.75, 3.05) is 7.05 Å². The molecular formula is C16H14ClF2NO3S. The average Bonchev–Trinajstić information content (AvgIpc) is 2.54. The second-order valence-electron chi connectivity index (χ2n) is 5.12. The van der Waals surface area contributed by atoms with Crippen molar-refractivity contribution >= 4 is 27.3 Å². The average molecular weight is 374 g/mol. The minimum absolute atomic E-state index is 0.202. The number of carbonyl (C=O) groups is 1. The van der Waals surface area contributed by atoms with Gasteiger partial charge in [0.1, 0.15) is 0 Å². The quantitative estimate of drug-likeness (QED) is 0.804. The van der Waals surface area contributed by atoms with E-state index in [2.05, 4.69) is 0 Å². The molecule has 0 aliphatic heterocycles. The summed E-state index contributed by atoms with van der Waals surface area (Å²) in [6, 6.07) is 11.5. The van der Waals surface area contributed by atoms with Crippen LogP contribution in [0.2, 0.25) is 5.02 Å². The Balaban J connectivity index is 2.15. The van der Waals surface area contributed by atoms with Crippen LogP contribution in [-0.4, -0.2) is 32.0 Å². The van der Waals surface area contributed by atoms with Crippen molar-refractivity contribution in [3.05, 3.63) is 64.7 Å². The van der Waals surface area contributed by atoms with E-state index in [4.69, 9.17) is 11.6 Å². The highest BCUT2D eigenvalue weighted by Gasteiger charge is 2.26. The van der Waals surface area contributed by atoms with Gasteiger partial charge >= 0.3 is 5.76 Å². The van der Waals surface area contributed by atoms with E-state index in [-0.39, 0.29) is 11.5 Å². The van der Waals surface area contributed by atoms with Crippen molar-refractivity contribution in [2.45, 2.75) is 17.2 Å². The van der Waals surface area contributed by atoms with Crippen molar-refractivity contribution in [1.82, 2.24) is 4.90 Å². The number of halogens is 3. The molecule has 2 aromatic carbocycles. The molecule has 0 aliphatic carbocycles. The Bertz CT molecular complexity index is 839. The Morgan fingerprint density at radius 2 is 1.79 bits per heavy atom. The van der Waals surface area contributed by atoms with Crippen LogP contribution in [0.15, 0.2) is 53.4 Å². The molecule has 1 amide bonds. The van der Waals surface area contributed by atoms with Crippen LogP contribution in [-0.2, 0) is 16.4 Å². The van der Waals surface area contributed by atoms with Gasteiger partial charge < -0.3 is 4.90 Å². The summed E-state index contributed by atoms with van der Waals surface area (Å²) in [5.74, 6) is -3.86. The first kappa shape index (κ1) is 18.4. The molecule has 0 spiro atoms. The smallest absolute Gasteiger partial charge is 0.337 e. The summed E-state index contributed by atoms with van der Waals surface area (Å²) < 4.78 is 47.7. The van der Waals surface area contributed by atoms with Gasteiger partial charge in [0.05, 0.1) is 4.90 Å². The first-order chi connectivity index (χ1) is 11.2. The highest BCUT2D eigenvalue weighted by molar-refractivity contribution is 7.91. The van der Waals surface area contributed by atoms with Crippen LogP contribution in [0.4, 0.5) is 8.78 Å². The van der Waals surface area contributed by atoms with E-state index in [1.165, 1.54) is 17.0 Å². The molecule has 0 aliphatic rings. The van der Waals surface area contributed by atoms with Gasteiger partial charge in [-0.15, -0.1) is 0 Å². The minimum atomic E-state index is -4.67. The molecule has 0 atom stereocenters. The maximum atomic E-state index is 12.5.